The lowest BCUT2D eigenvalue weighted by Crippen LogP contribution is -2.37. The van der Waals surface area contributed by atoms with Crippen LogP contribution in [-0.2, 0) is 14.3 Å². The summed E-state index contributed by atoms with van der Waals surface area (Å²) in [5.74, 6) is -0.0998. The maximum Gasteiger partial charge on any atom is 0.315 e. The monoisotopic (exact) mass is 389 g/mol. The van der Waals surface area contributed by atoms with Crippen molar-refractivity contribution in [3.05, 3.63) is 46.9 Å². The number of hydrogen-bond donors (Lipinski definition) is 0. The van der Waals surface area contributed by atoms with E-state index in [1.54, 1.807) is 23.9 Å². The van der Waals surface area contributed by atoms with Crippen LogP contribution in [-0.4, -0.2) is 35.6 Å². The minimum Gasteiger partial charge on any atom is -0.464 e. The first-order valence-corrected chi connectivity index (χ1v) is 10.5. The number of aliphatic imine (C=N–C) groups is 1. The maximum atomic E-state index is 13.4. The number of esters is 1. The molecule has 2 aliphatic rings. The average molecular weight is 389 g/mol. The zero-order valence-electron chi connectivity index (χ0n) is 15.7. The number of hydrogen-bond acceptors (Lipinski definition) is 5. The molecular weight excluding hydrogens is 365 g/mol. The zero-order chi connectivity index (χ0) is 19.4. The molecule has 0 amide bonds. The van der Waals surface area contributed by atoms with E-state index in [9.17, 15) is 14.0 Å². The Hall–Kier alpha value is -1.95. The van der Waals surface area contributed by atoms with E-state index in [-0.39, 0.29) is 17.6 Å². The quantitative estimate of drug-likeness (QED) is 0.538. The molecule has 4 nitrogen and oxygen atoms in total. The van der Waals surface area contributed by atoms with Crippen LogP contribution in [0.2, 0.25) is 0 Å². The third-order valence-electron chi connectivity index (χ3n) is 4.99. The van der Waals surface area contributed by atoms with E-state index in [1.165, 1.54) is 12.1 Å². The van der Waals surface area contributed by atoms with Crippen molar-refractivity contribution in [3.8, 4) is 0 Å². The third kappa shape index (κ3) is 4.32. The van der Waals surface area contributed by atoms with Crippen LogP contribution in [0.1, 0.15) is 44.6 Å². The second kappa shape index (κ2) is 8.83. The molecule has 1 unspecified atom stereocenters. The van der Waals surface area contributed by atoms with Crippen molar-refractivity contribution < 1.29 is 18.7 Å². The summed E-state index contributed by atoms with van der Waals surface area (Å²) in [6.07, 6.45) is 1.96. The van der Waals surface area contributed by atoms with Crippen LogP contribution >= 0.6 is 11.8 Å². The summed E-state index contributed by atoms with van der Waals surface area (Å²) in [5, 5.41) is 0. The summed E-state index contributed by atoms with van der Waals surface area (Å²) in [6.45, 7) is 4.20. The second-order valence-corrected chi connectivity index (χ2v) is 8.16. The Morgan fingerprint density at radius 1 is 1.30 bits per heavy atom. The Morgan fingerprint density at radius 3 is 2.74 bits per heavy atom. The van der Waals surface area contributed by atoms with Gasteiger partial charge in [0.15, 0.2) is 5.78 Å². The highest BCUT2D eigenvalue weighted by Crippen LogP contribution is 2.43. The predicted molar refractivity (Wildman–Crippen MR) is 106 cm³/mol. The lowest BCUT2D eigenvalue weighted by atomic mass is 9.72. The van der Waals surface area contributed by atoms with Crippen LogP contribution in [0.4, 0.5) is 4.39 Å². The van der Waals surface area contributed by atoms with Gasteiger partial charge in [-0.05, 0) is 43.2 Å². The number of nitrogens with zero attached hydrogens (tertiary/aromatic N) is 1. The molecule has 3 rings (SSSR count). The lowest BCUT2D eigenvalue weighted by molar-refractivity contribution is -0.145. The van der Waals surface area contributed by atoms with Gasteiger partial charge in [0.25, 0.3) is 0 Å². The summed E-state index contributed by atoms with van der Waals surface area (Å²) in [4.78, 5) is 30.2. The fourth-order valence-electron chi connectivity index (χ4n) is 3.78. The molecule has 0 saturated heterocycles. The second-order valence-electron chi connectivity index (χ2n) is 6.76. The van der Waals surface area contributed by atoms with E-state index >= 15 is 0 Å². The standard InChI is InChI=1S/C21H24FNO3S/c1-3-27-12-11-26-21(25)18-13(2)23-16-5-4-6-17(24)20(16)19(18)14-7-9-15(22)10-8-14/h7-10,18-19H,3-6,11-12H2,1-2H3/t18?,19-/m0/s1. The Bertz CT molecular complexity index is 785. The van der Waals surface area contributed by atoms with Crippen LogP contribution in [0.15, 0.2) is 40.5 Å². The minimum atomic E-state index is -0.650. The van der Waals surface area contributed by atoms with Crippen LogP contribution < -0.4 is 0 Å². The molecule has 27 heavy (non-hydrogen) atoms. The van der Waals surface area contributed by atoms with Gasteiger partial charge < -0.3 is 4.74 Å². The van der Waals surface area contributed by atoms with Crippen molar-refractivity contribution in [1.82, 2.24) is 0 Å². The first-order valence-electron chi connectivity index (χ1n) is 9.34. The van der Waals surface area contributed by atoms with E-state index < -0.39 is 11.8 Å². The molecular formula is C21H24FNO3S. The molecule has 1 aromatic rings. The average Bonchev–Trinajstić information content (AvgIpc) is 2.65. The summed E-state index contributed by atoms with van der Waals surface area (Å²) < 4.78 is 18.9. The van der Waals surface area contributed by atoms with Gasteiger partial charge in [-0.1, -0.05) is 19.1 Å². The van der Waals surface area contributed by atoms with E-state index in [0.29, 0.717) is 24.3 Å². The molecule has 0 aromatic heterocycles. The van der Waals surface area contributed by atoms with Crippen molar-refractivity contribution >= 4 is 29.2 Å². The Morgan fingerprint density at radius 2 is 2.04 bits per heavy atom. The Kier molecular flexibility index (Phi) is 6.47. The number of benzene rings is 1. The van der Waals surface area contributed by atoms with E-state index in [4.69, 9.17) is 4.74 Å². The van der Waals surface area contributed by atoms with Crippen LogP contribution in [0.5, 0.6) is 0 Å². The number of halogens is 1. The highest BCUT2D eigenvalue weighted by Gasteiger charge is 2.43. The largest absolute Gasteiger partial charge is 0.464 e. The van der Waals surface area contributed by atoms with Crippen molar-refractivity contribution in [2.45, 2.75) is 39.0 Å². The van der Waals surface area contributed by atoms with Crippen molar-refractivity contribution in [3.63, 3.8) is 0 Å². The summed E-state index contributed by atoms with van der Waals surface area (Å²) in [6, 6.07) is 6.03. The summed E-state index contributed by atoms with van der Waals surface area (Å²) >= 11 is 1.70. The summed E-state index contributed by atoms with van der Waals surface area (Å²) in [5.41, 5.74) is 2.77. The zero-order valence-corrected chi connectivity index (χ0v) is 16.5. The molecule has 0 spiro atoms. The molecule has 1 aromatic carbocycles. The fourth-order valence-corrected chi connectivity index (χ4v) is 4.27. The molecule has 144 valence electrons. The predicted octanol–water partition coefficient (Wildman–Crippen LogP) is 4.30. The number of Topliss-reactive ketones (excluding diaryl/α,β-unsaturated/α-hetero) is 1. The molecule has 6 heteroatoms. The van der Waals surface area contributed by atoms with Gasteiger partial charge in [0.1, 0.15) is 18.3 Å². The van der Waals surface area contributed by atoms with E-state index in [2.05, 4.69) is 11.9 Å². The summed E-state index contributed by atoms with van der Waals surface area (Å²) in [7, 11) is 0. The maximum absolute atomic E-state index is 13.4. The van der Waals surface area contributed by atoms with Crippen LogP contribution in [0, 0.1) is 11.7 Å². The minimum absolute atomic E-state index is 0.0289. The SMILES string of the molecule is CCSCCOC(=O)C1C(C)=NC2=C(C(=O)CCC2)[C@H]1c1ccc(F)cc1. The Labute approximate surface area is 163 Å². The highest BCUT2D eigenvalue weighted by molar-refractivity contribution is 7.99. The van der Waals surface area contributed by atoms with Gasteiger partial charge in [0.05, 0.1) is 0 Å². The molecule has 0 fully saturated rings. The topological polar surface area (TPSA) is 55.7 Å². The third-order valence-corrected chi connectivity index (χ3v) is 5.86. The van der Waals surface area contributed by atoms with Gasteiger partial charge in [0.2, 0.25) is 0 Å². The molecule has 0 radical (unpaired) electrons. The highest BCUT2D eigenvalue weighted by atomic mass is 32.2. The van der Waals surface area contributed by atoms with Crippen LogP contribution in [0.3, 0.4) is 0 Å². The fraction of sp³-hybridized carbons (Fsp3) is 0.476. The molecule has 1 aliphatic carbocycles. The van der Waals surface area contributed by atoms with Gasteiger partial charge >= 0.3 is 5.97 Å². The number of rotatable bonds is 6. The van der Waals surface area contributed by atoms with Gasteiger partial charge in [-0.2, -0.15) is 11.8 Å². The Balaban J connectivity index is 1.96. The molecule has 0 bridgehead atoms. The smallest absolute Gasteiger partial charge is 0.315 e. The molecule has 0 saturated carbocycles. The van der Waals surface area contributed by atoms with Crippen molar-refractivity contribution in [2.24, 2.45) is 10.9 Å². The van der Waals surface area contributed by atoms with E-state index in [0.717, 1.165) is 35.6 Å². The molecule has 1 heterocycles. The first kappa shape index (κ1) is 19.8. The molecule has 2 atom stereocenters. The number of thioether (sulfide) groups is 1. The number of ether oxygens (including phenoxy) is 1. The first-order chi connectivity index (χ1) is 13.0. The number of ketones is 1. The number of carbonyl (C=O) groups excluding carboxylic acids is 2. The number of carbonyl (C=O) groups is 2. The van der Waals surface area contributed by atoms with E-state index in [1.807, 2.05) is 6.92 Å². The van der Waals surface area contributed by atoms with Crippen LogP contribution in [0.25, 0.3) is 0 Å². The molecule has 0 N–H and O–H groups in total. The normalized spacial score (nSPS) is 22.3. The lowest BCUT2D eigenvalue weighted by Gasteiger charge is -2.34. The van der Waals surface area contributed by atoms with Crippen molar-refractivity contribution in [2.75, 3.05) is 18.1 Å². The van der Waals surface area contributed by atoms with Crippen molar-refractivity contribution in [1.29, 1.82) is 0 Å². The van der Waals surface area contributed by atoms with Gasteiger partial charge in [-0.25, -0.2) is 4.39 Å². The van der Waals surface area contributed by atoms with Gasteiger partial charge in [0, 0.05) is 35.1 Å². The van der Waals surface area contributed by atoms with Gasteiger partial charge in [-0.3, -0.25) is 14.6 Å². The van der Waals surface area contributed by atoms with Gasteiger partial charge in [-0.15, -0.1) is 0 Å². The molecule has 1 aliphatic heterocycles. The number of allylic oxidation sites excluding steroid dienone is 2.